The smallest absolute Gasteiger partial charge is 0.237 e. The van der Waals surface area contributed by atoms with Gasteiger partial charge in [-0.2, -0.15) is 5.10 Å². The average Bonchev–Trinajstić information content (AvgIpc) is 2.82. The highest BCUT2D eigenvalue weighted by Crippen LogP contribution is 2.30. The van der Waals surface area contributed by atoms with E-state index in [2.05, 4.69) is 30.7 Å². The van der Waals surface area contributed by atoms with Crippen LogP contribution in [0.2, 0.25) is 0 Å². The molecule has 2 aromatic rings. The zero-order valence-corrected chi connectivity index (χ0v) is 15.3. The maximum absolute atomic E-state index is 10.8. The van der Waals surface area contributed by atoms with Crippen molar-refractivity contribution in [3.05, 3.63) is 63.8 Å². The molecule has 0 amide bonds. The van der Waals surface area contributed by atoms with E-state index in [1.54, 1.807) is 4.68 Å². The van der Waals surface area contributed by atoms with Gasteiger partial charge < -0.3 is 5.11 Å². The minimum absolute atomic E-state index is 0.00606. The van der Waals surface area contributed by atoms with Gasteiger partial charge in [0.1, 0.15) is 5.76 Å². The van der Waals surface area contributed by atoms with Crippen molar-refractivity contribution in [1.82, 2.24) is 9.78 Å². The molecule has 1 aromatic carbocycles. The number of aryl methyl sites for hydroxylation is 2. The molecular weight excluding hydrogens is 298 g/mol. The third kappa shape index (κ3) is 3.21. The summed E-state index contributed by atoms with van der Waals surface area (Å²) in [7, 11) is 0. The fourth-order valence-corrected chi connectivity index (χ4v) is 2.69. The number of nitrogens with zero attached hydrogens (tertiary/aromatic N) is 3. The molecule has 1 N–H and O–H groups in total. The van der Waals surface area contributed by atoms with E-state index in [1.807, 2.05) is 45.0 Å². The van der Waals surface area contributed by atoms with Crippen molar-refractivity contribution in [3.63, 3.8) is 0 Å². The zero-order valence-electron chi connectivity index (χ0n) is 15.3. The van der Waals surface area contributed by atoms with E-state index >= 15 is 0 Å². The highest BCUT2D eigenvalue weighted by atomic mass is 16.3. The van der Waals surface area contributed by atoms with Gasteiger partial charge in [-0.05, 0) is 42.9 Å². The van der Waals surface area contributed by atoms with Gasteiger partial charge in [0.15, 0.2) is 0 Å². The molecule has 4 nitrogen and oxygen atoms in total. The van der Waals surface area contributed by atoms with Gasteiger partial charge >= 0.3 is 0 Å². The molecule has 0 spiro atoms. The van der Waals surface area contributed by atoms with Gasteiger partial charge in [0.05, 0.1) is 18.0 Å². The van der Waals surface area contributed by atoms with Gasteiger partial charge in [-0.1, -0.05) is 45.0 Å². The lowest BCUT2D eigenvalue weighted by molar-refractivity contribution is 0.496. The molecule has 4 heteroatoms. The van der Waals surface area contributed by atoms with Crippen LogP contribution < -0.4 is 0 Å². The van der Waals surface area contributed by atoms with E-state index in [9.17, 15) is 5.11 Å². The van der Waals surface area contributed by atoms with Crippen LogP contribution in [0.15, 0.2) is 24.3 Å². The minimum Gasteiger partial charge on any atom is -0.517 e. The van der Waals surface area contributed by atoms with Crippen molar-refractivity contribution < 1.29 is 5.11 Å². The Morgan fingerprint density at radius 3 is 2.25 bits per heavy atom. The number of aliphatic hydroxyl groups excluding tert-OH is 1. The van der Waals surface area contributed by atoms with E-state index in [-0.39, 0.29) is 16.9 Å². The molecule has 126 valence electrons. The van der Waals surface area contributed by atoms with Crippen LogP contribution >= 0.6 is 0 Å². The summed E-state index contributed by atoms with van der Waals surface area (Å²) in [6, 6.07) is 7.84. The van der Waals surface area contributed by atoms with E-state index in [4.69, 9.17) is 6.57 Å². The first-order valence-electron chi connectivity index (χ1n) is 8.16. The summed E-state index contributed by atoms with van der Waals surface area (Å²) in [5, 5.41) is 15.2. The molecule has 0 fully saturated rings. The second-order valence-electron chi connectivity index (χ2n) is 7.01. The minimum atomic E-state index is -0.00606. The number of aliphatic hydroxyl groups is 1. The van der Waals surface area contributed by atoms with Crippen molar-refractivity contribution in [1.29, 1.82) is 0 Å². The van der Waals surface area contributed by atoms with Crippen LogP contribution in [0.1, 0.15) is 55.8 Å². The van der Waals surface area contributed by atoms with Crippen LogP contribution in [-0.4, -0.2) is 14.9 Å². The summed E-state index contributed by atoms with van der Waals surface area (Å²) in [5.74, 6) is -0.00606. The predicted molar refractivity (Wildman–Crippen MR) is 98.6 cm³/mol. The van der Waals surface area contributed by atoms with Crippen LogP contribution in [-0.2, 0) is 12.0 Å². The summed E-state index contributed by atoms with van der Waals surface area (Å²) >= 11 is 0. The predicted octanol–water partition coefficient (Wildman–Crippen LogP) is 5.12. The Morgan fingerprint density at radius 2 is 1.79 bits per heavy atom. The Morgan fingerprint density at radius 1 is 1.21 bits per heavy atom. The molecule has 0 aliphatic heterocycles. The van der Waals surface area contributed by atoms with Crippen molar-refractivity contribution in [3.8, 4) is 0 Å². The number of aromatic nitrogens is 2. The van der Waals surface area contributed by atoms with Gasteiger partial charge in [0, 0.05) is 6.54 Å². The second-order valence-corrected chi connectivity index (χ2v) is 7.01. The van der Waals surface area contributed by atoms with E-state index in [0.717, 1.165) is 16.8 Å². The molecule has 0 radical (unpaired) electrons. The van der Waals surface area contributed by atoms with Gasteiger partial charge in [-0.3, -0.25) is 4.68 Å². The Kier molecular flexibility index (Phi) is 4.84. The molecule has 0 unspecified atom stereocenters. The molecule has 0 atom stereocenters. The number of hydrogen-bond acceptors (Lipinski definition) is 2. The zero-order chi connectivity index (χ0) is 18.1. The Labute approximate surface area is 144 Å². The van der Waals surface area contributed by atoms with Crippen LogP contribution in [0.3, 0.4) is 0 Å². The standard InChI is InChI=1S/C20H25N3O/c1-8-23-18(13(2)14(3)22-23)19(24)17(21-7)15-9-11-16(12-10-15)20(4,5)6/h9-12,24H,8H2,1-6H3. The lowest BCUT2D eigenvalue weighted by atomic mass is 9.86. The molecule has 1 heterocycles. The van der Waals surface area contributed by atoms with Crippen molar-refractivity contribution in [2.75, 3.05) is 0 Å². The molecule has 24 heavy (non-hydrogen) atoms. The van der Waals surface area contributed by atoms with E-state index in [0.29, 0.717) is 12.2 Å². The van der Waals surface area contributed by atoms with Gasteiger partial charge in [0.25, 0.3) is 0 Å². The van der Waals surface area contributed by atoms with Crippen molar-refractivity contribution in [2.45, 2.75) is 53.5 Å². The molecular formula is C20H25N3O. The molecule has 0 saturated heterocycles. The molecule has 0 saturated carbocycles. The summed E-state index contributed by atoms with van der Waals surface area (Å²) in [4.78, 5) is 3.59. The Bertz CT molecular complexity index is 812. The molecule has 1 aromatic heterocycles. The lowest BCUT2D eigenvalue weighted by Gasteiger charge is -2.19. The number of hydrogen-bond donors (Lipinski definition) is 1. The van der Waals surface area contributed by atoms with Gasteiger partial charge in [-0.25, -0.2) is 4.85 Å². The molecule has 2 rings (SSSR count). The maximum atomic E-state index is 10.8. The average molecular weight is 323 g/mol. The van der Waals surface area contributed by atoms with Crippen LogP contribution in [0.25, 0.3) is 16.3 Å². The first-order valence-corrected chi connectivity index (χ1v) is 8.16. The summed E-state index contributed by atoms with van der Waals surface area (Å²) in [6.45, 7) is 20.4. The Hall–Kier alpha value is -2.54. The quantitative estimate of drug-likeness (QED) is 0.629. The fourth-order valence-electron chi connectivity index (χ4n) is 2.69. The first-order chi connectivity index (χ1) is 11.2. The highest BCUT2D eigenvalue weighted by molar-refractivity contribution is 5.90. The monoisotopic (exact) mass is 323 g/mol. The van der Waals surface area contributed by atoms with Crippen molar-refractivity contribution in [2.24, 2.45) is 0 Å². The normalized spacial score (nSPS) is 12.7. The van der Waals surface area contributed by atoms with Crippen LogP contribution in [0.4, 0.5) is 0 Å². The molecule has 0 aliphatic rings. The third-order valence-corrected chi connectivity index (χ3v) is 4.31. The van der Waals surface area contributed by atoms with E-state index in [1.165, 1.54) is 5.56 Å². The van der Waals surface area contributed by atoms with Crippen LogP contribution in [0.5, 0.6) is 0 Å². The summed E-state index contributed by atoms with van der Waals surface area (Å²) in [5.41, 5.74) is 4.62. The third-order valence-electron chi connectivity index (χ3n) is 4.31. The fraction of sp³-hybridized carbons (Fsp3) is 0.400. The highest BCUT2D eigenvalue weighted by Gasteiger charge is 2.20. The van der Waals surface area contributed by atoms with Gasteiger partial charge in [-0.15, -0.1) is 0 Å². The van der Waals surface area contributed by atoms with E-state index < -0.39 is 0 Å². The largest absolute Gasteiger partial charge is 0.517 e. The topological polar surface area (TPSA) is 42.4 Å². The Balaban J connectivity index is 2.59. The van der Waals surface area contributed by atoms with Gasteiger partial charge in [0.2, 0.25) is 5.70 Å². The second kappa shape index (κ2) is 6.52. The summed E-state index contributed by atoms with van der Waals surface area (Å²) in [6.07, 6.45) is 0. The van der Waals surface area contributed by atoms with Crippen molar-refractivity contribution >= 4 is 11.5 Å². The van der Waals surface area contributed by atoms with Crippen LogP contribution in [0, 0.1) is 20.4 Å². The maximum Gasteiger partial charge on any atom is 0.237 e. The molecule has 0 bridgehead atoms. The SMILES string of the molecule is [C-]#[N+]C(=C(O)c1c(C)c(C)nn1CC)c1ccc(C(C)(C)C)cc1. The number of rotatable bonds is 3. The lowest BCUT2D eigenvalue weighted by Crippen LogP contribution is -2.10. The molecule has 0 aliphatic carbocycles. The first kappa shape index (κ1) is 17.8. The number of benzene rings is 1. The summed E-state index contributed by atoms with van der Waals surface area (Å²) < 4.78 is 1.74.